The Kier molecular flexibility index (Phi) is 55.1. The van der Waals surface area contributed by atoms with E-state index >= 15 is 0 Å². The molecule has 10 heteroatoms. The van der Waals surface area contributed by atoms with Crippen molar-refractivity contribution in [3.8, 4) is 0 Å². The number of allylic oxidation sites excluding steroid dienone is 4. The van der Waals surface area contributed by atoms with Crippen molar-refractivity contribution < 1.29 is 42.1 Å². The van der Waals surface area contributed by atoms with Gasteiger partial charge in [-0.15, -0.1) is 0 Å². The lowest BCUT2D eigenvalue weighted by molar-refractivity contribution is -0.870. The Morgan fingerprint density at radius 1 is 0.419 bits per heavy atom. The Bertz CT molecular complexity index is 1300. The summed E-state index contributed by atoms with van der Waals surface area (Å²) in [5.41, 5.74) is 0. The third-order valence-corrected chi connectivity index (χ3v) is 15.5. The number of carbonyl (C=O) groups is 2. The first-order valence-corrected chi connectivity index (χ1v) is 33.6. The Hall–Kier alpha value is -1.51. The smallest absolute Gasteiger partial charge is 0.462 e. The van der Waals surface area contributed by atoms with Crippen molar-refractivity contribution in [2.24, 2.45) is 0 Å². The topological polar surface area (TPSA) is 108 Å². The summed E-state index contributed by atoms with van der Waals surface area (Å²) in [6.07, 6.45) is 68.4. The zero-order valence-corrected chi connectivity index (χ0v) is 50.8. The number of hydrogen-bond acceptors (Lipinski definition) is 7. The van der Waals surface area contributed by atoms with Gasteiger partial charge in [0.2, 0.25) is 0 Å². The van der Waals surface area contributed by atoms with Gasteiger partial charge in [-0.1, -0.05) is 289 Å². The Balaban J connectivity index is 3.98. The molecule has 0 aromatic heterocycles. The number of carbonyl (C=O) groups excluding carboxylic acids is 2. The van der Waals surface area contributed by atoms with E-state index in [1.165, 1.54) is 250 Å². The van der Waals surface area contributed by atoms with Gasteiger partial charge in [0.25, 0.3) is 0 Å². The SMILES string of the molecule is CCCCCCC/C=C\C/C=C\CCCCCCCCCCCCCCCCCCCCCCCC(=O)OC(COC(=O)CCCCCCCCCCCCCCCCCCC)COP(=O)(O)OCC[N+](C)(C)C. The fourth-order valence-corrected chi connectivity index (χ4v) is 10.3. The second-order valence-corrected chi connectivity index (χ2v) is 24.6. The number of phosphoric acid groups is 1. The highest BCUT2D eigenvalue weighted by Crippen LogP contribution is 2.43. The summed E-state index contributed by atoms with van der Waals surface area (Å²) in [5, 5.41) is 0. The second-order valence-electron chi connectivity index (χ2n) is 23.2. The lowest BCUT2D eigenvalue weighted by Gasteiger charge is -2.24. The fourth-order valence-electron chi connectivity index (χ4n) is 9.52. The molecule has 9 nitrogen and oxygen atoms in total. The molecule has 2 atom stereocenters. The second kappa shape index (κ2) is 56.2. The van der Waals surface area contributed by atoms with Crippen molar-refractivity contribution in [1.29, 1.82) is 0 Å². The first-order valence-electron chi connectivity index (χ1n) is 32.1. The quantitative estimate of drug-likeness (QED) is 0.0211. The zero-order valence-electron chi connectivity index (χ0n) is 49.9. The van der Waals surface area contributed by atoms with E-state index in [2.05, 4.69) is 38.2 Å². The highest BCUT2D eigenvalue weighted by molar-refractivity contribution is 7.47. The van der Waals surface area contributed by atoms with Crippen LogP contribution in [0.3, 0.4) is 0 Å². The first-order chi connectivity index (χ1) is 36.0. The Morgan fingerprint density at radius 3 is 1.07 bits per heavy atom. The van der Waals surface area contributed by atoms with Crippen LogP contribution in [0.15, 0.2) is 24.3 Å². The molecule has 0 saturated heterocycles. The molecule has 0 spiro atoms. The van der Waals surface area contributed by atoms with E-state index in [0.29, 0.717) is 23.9 Å². The van der Waals surface area contributed by atoms with E-state index in [1.54, 1.807) is 0 Å². The largest absolute Gasteiger partial charge is 0.472 e. The van der Waals surface area contributed by atoms with Gasteiger partial charge in [-0.05, 0) is 44.9 Å². The number of quaternary nitrogens is 1. The van der Waals surface area contributed by atoms with Crippen LogP contribution < -0.4 is 0 Å². The Morgan fingerprint density at radius 2 is 0.730 bits per heavy atom. The predicted molar refractivity (Wildman–Crippen MR) is 317 cm³/mol. The molecule has 0 amide bonds. The molecule has 0 radical (unpaired) electrons. The van der Waals surface area contributed by atoms with Crippen molar-refractivity contribution in [3.05, 3.63) is 24.3 Å². The zero-order chi connectivity index (χ0) is 54.2. The lowest BCUT2D eigenvalue weighted by atomic mass is 10.0. The summed E-state index contributed by atoms with van der Waals surface area (Å²) < 4.78 is 34.6. The summed E-state index contributed by atoms with van der Waals surface area (Å²) >= 11 is 0. The van der Waals surface area contributed by atoms with Crippen LogP contribution in [-0.2, 0) is 32.7 Å². The number of nitrogens with zero attached hydrogens (tertiary/aromatic N) is 1. The average Bonchev–Trinajstić information content (AvgIpc) is 3.36. The number of ether oxygens (including phenoxy) is 2. The number of esters is 2. The molecule has 438 valence electrons. The minimum Gasteiger partial charge on any atom is -0.462 e. The van der Waals surface area contributed by atoms with Crippen LogP contribution in [0, 0.1) is 0 Å². The van der Waals surface area contributed by atoms with Gasteiger partial charge in [0, 0.05) is 12.8 Å². The molecular weight excluding hydrogens is 942 g/mol. The van der Waals surface area contributed by atoms with E-state index in [4.69, 9.17) is 18.5 Å². The molecule has 0 aromatic rings. The molecule has 0 rings (SSSR count). The minimum absolute atomic E-state index is 0.0358. The van der Waals surface area contributed by atoms with E-state index < -0.39 is 26.5 Å². The maximum atomic E-state index is 12.8. The normalized spacial score (nSPS) is 13.3. The summed E-state index contributed by atoms with van der Waals surface area (Å²) in [5.74, 6) is -0.776. The predicted octanol–water partition coefficient (Wildman–Crippen LogP) is 20.2. The summed E-state index contributed by atoms with van der Waals surface area (Å²) in [7, 11) is 1.50. The van der Waals surface area contributed by atoms with Crippen LogP contribution in [0.5, 0.6) is 0 Å². The van der Waals surface area contributed by atoms with Crippen molar-refractivity contribution in [2.45, 2.75) is 328 Å². The molecule has 0 bridgehead atoms. The molecule has 74 heavy (non-hydrogen) atoms. The van der Waals surface area contributed by atoms with Crippen LogP contribution in [0.2, 0.25) is 0 Å². The molecule has 0 aromatic carbocycles. The van der Waals surface area contributed by atoms with Gasteiger partial charge in [0.1, 0.15) is 19.8 Å². The number of phosphoric ester groups is 1. The highest BCUT2D eigenvalue weighted by atomic mass is 31.2. The first kappa shape index (κ1) is 72.5. The number of hydrogen-bond donors (Lipinski definition) is 1. The van der Waals surface area contributed by atoms with Gasteiger partial charge in [-0.2, -0.15) is 0 Å². The average molecular weight is 1070 g/mol. The highest BCUT2D eigenvalue weighted by Gasteiger charge is 2.27. The summed E-state index contributed by atoms with van der Waals surface area (Å²) in [6.45, 7) is 4.49. The summed E-state index contributed by atoms with van der Waals surface area (Å²) in [4.78, 5) is 35.7. The van der Waals surface area contributed by atoms with Crippen LogP contribution in [0.4, 0.5) is 0 Å². The molecule has 0 saturated carbocycles. The third-order valence-electron chi connectivity index (χ3n) is 14.5. The molecule has 2 unspecified atom stereocenters. The van der Waals surface area contributed by atoms with Gasteiger partial charge in [0.05, 0.1) is 27.7 Å². The van der Waals surface area contributed by atoms with Crippen molar-refractivity contribution in [2.75, 3.05) is 47.5 Å². The van der Waals surface area contributed by atoms with Crippen LogP contribution in [0.25, 0.3) is 0 Å². The lowest BCUT2D eigenvalue weighted by Crippen LogP contribution is -2.37. The molecule has 0 aliphatic heterocycles. The van der Waals surface area contributed by atoms with Crippen LogP contribution in [-0.4, -0.2) is 74.9 Å². The minimum atomic E-state index is -4.38. The van der Waals surface area contributed by atoms with Crippen LogP contribution in [0.1, 0.15) is 322 Å². The molecule has 0 aliphatic carbocycles. The maximum Gasteiger partial charge on any atom is 0.472 e. The number of rotatable bonds is 60. The standard InChI is InChI=1S/C64H124NO8P/c1-6-8-10-12-14-16-18-20-22-24-25-26-27-28-29-30-31-32-33-34-35-36-37-38-39-41-43-45-47-49-51-53-55-57-64(67)73-62(61-72-74(68,69)71-59-58-65(3,4)5)60-70-63(66)56-54-52-50-48-46-44-42-40-23-21-19-17-15-13-11-9-7-2/h18,20,24-25,62H,6-17,19,21-23,26-61H2,1-5H3/p+1/b20-18-,25-24-. The van der Waals surface area contributed by atoms with Gasteiger partial charge in [0.15, 0.2) is 6.10 Å². The van der Waals surface area contributed by atoms with Gasteiger partial charge >= 0.3 is 19.8 Å². The molecule has 1 N–H and O–H groups in total. The molecule has 0 fully saturated rings. The van der Waals surface area contributed by atoms with Gasteiger partial charge in [-0.25, -0.2) is 4.57 Å². The summed E-state index contributed by atoms with van der Waals surface area (Å²) in [6, 6.07) is 0. The monoisotopic (exact) mass is 1070 g/mol. The maximum absolute atomic E-state index is 12.8. The molecule has 0 aliphatic rings. The van der Waals surface area contributed by atoms with E-state index in [0.717, 1.165) is 38.5 Å². The molecular formula is C64H125NO8P+. The van der Waals surface area contributed by atoms with E-state index in [9.17, 15) is 19.0 Å². The van der Waals surface area contributed by atoms with Gasteiger partial charge < -0.3 is 18.9 Å². The number of likely N-dealkylation sites (N-methyl/N-ethyl adjacent to an activating group) is 1. The fraction of sp³-hybridized carbons (Fsp3) is 0.906. The third kappa shape index (κ3) is 59.7. The van der Waals surface area contributed by atoms with Crippen molar-refractivity contribution in [3.63, 3.8) is 0 Å². The molecule has 0 heterocycles. The Labute approximate surface area is 459 Å². The van der Waals surface area contributed by atoms with E-state index in [-0.39, 0.29) is 25.6 Å². The van der Waals surface area contributed by atoms with Crippen molar-refractivity contribution >= 4 is 19.8 Å². The van der Waals surface area contributed by atoms with Gasteiger partial charge in [-0.3, -0.25) is 18.6 Å². The van der Waals surface area contributed by atoms with Crippen molar-refractivity contribution in [1.82, 2.24) is 0 Å². The van der Waals surface area contributed by atoms with Crippen LogP contribution >= 0.6 is 7.82 Å². The number of unbranched alkanes of at least 4 members (excludes halogenated alkanes) is 42. The van der Waals surface area contributed by atoms with E-state index in [1.807, 2.05) is 21.1 Å².